The second kappa shape index (κ2) is 10.3. The number of ketones is 1. The number of aliphatic hydroxyl groups excluding tert-OH is 1. The summed E-state index contributed by atoms with van der Waals surface area (Å²) in [6, 6.07) is 16.0. The first kappa shape index (κ1) is 25.6. The lowest BCUT2D eigenvalue weighted by molar-refractivity contribution is -0.132. The second-order valence-electron chi connectivity index (χ2n) is 8.92. The van der Waals surface area contributed by atoms with Gasteiger partial charge in [-0.25, -0.2) is 0 Å². The molecule has 1 aliphatic rings. The molecule has 37 heavy (non-hydrogen) atoms. The molecule has 1 atom stereocenters. The molecular formula is C29H30N2O6. The quantitative estimate of drug-likeness (QED) is 0.272. The molecule has 0 aliphatic carbocycles. The highest BCUT2D eigenvalue weighted by molar-refractivity contribution is 6.51. The summed E-state index contributed by atoms with van der Waals surface area (Å²) in [6.07, 6.45) is 0. The van der Waals surface area contributed by atoms with Crippen molar-refractivity contribution in [2.75, 3.05) is 37.6 Å². The van der Waals surface area contributed by atoms with Crippen LogP contribution in [0.4, 0.5) is 11.4 Å². The van der Waals surface area contributed by atoms with Crippen molar-refractivity contribution in [2.45, 2.75) is 19.9 Å². The summed E-state index contributed by atoms with van der Waals surface area (Å²) in [7, 11) is 5.36. The van der Waals surface area contributed by atoms with E-state index in [0.717, 1.165) is 5.69 Å². The van der Waals surface area contributed by atoms with Crippen LogP contribution in [0.25, 0.3) is 5.76 Å². The van der Waals surface area contributed by atoms with E-state index in [4.69, 9.17) is 9.47 Å². The minimum absolute atomic E-state index is 0.0527. The van der Waals surface area contributed by atoms with E-state index < -0.39 is 17.7 Å². The maximum absolute atomic E-state index is 13.5. The Bertz CT molecular complexity index is 1380. The predicted molar refractivity (Wildman–Crippen MR) is 143 cm³/mol. The first-order chi connectivity index (χ1) is 17.7. The van der Waals surface area contributed by atoms with E-state index in [-0.39, 0.29) is 22.8 Å². The number of aromatic hydroxyl groups is 1. The molecule has 1 amide bonds. The number of anilines is 2. The van der Waals surface area contributed by atoms with Gasteiger partial charge in [0.2, 0.25) is 0 Å². The van der Waals surface area contributed by atoms with E-state index in [9.17, 15) is 19.8 Å². The number of ether oxygens (including phenoxy) is 2. The number of rotatable bonds is 7. The molecule has 2 N–H and O–H groups in total. The molecule has 1 aliphatic heterocycles. The number of hydrogen-bond donors (Lipinski definition) is 2. The van der Waals surface area contributed by atoms with Crippen LogP contribution in [0.5, 0.6) is 17.2 Å². The summed E-state index contributed by atoms with van der Waals surface area (Å²) >= 11 is 0. The highest BCUT2D eigenvalue weighted by Crippen LogP contribution is 2.44. The zero-order chi connectivity index (χ0) is 26.9. The molecule has 1 saturated heterocycles. The summed E-state index contributed by atoms with van der Waals surface area (Å²) in [5.74, 6) is -1.10. The molecular weight excluding hydrogens is 472 g/mol. The molecule has 3 aromatic rings. The van der Waals surface area contributed by atoms with Gasteiger partial charge in [0.25, 0.3) is 11.7 Å². The Morgan fingerprint density at radius 2 is 1.73 bits per heavy atom. The minimum Gasteiger partial charge on any atom is -0.507 e. The topological polar surface area (TPSA) is 99.5 Å². The molecule has 8 nitrogen and oxygen atoms in total. The zero-order valence-electron chi connectivity index (χ0n) is 21.5. The Morgan fingerprint density at radius 1 is 1.03 bits per heavy atom. The van der Waals surface area contributed by atoms with Gasteiger partial charge < -0.3 is 24.6 Å². The van der Waals surface area contributed by atoms with Crippen molar-refractivity contribution in [3.8, 4) is 17.2 Å². The second-order valence-corrected chi connectivity index (χ2v) is 8.92. The van der Waals surface area contributed by atoms with Gasteiger partial charge in [-0.15, -0.1) is 0 Å². The smallest absolute Gasteiger partial charge is 0.300 e. The molecule has 0 saturated carbocycles. The summed E-state index contributed by atoms with van der Waals surface area (Å²) in [4.78, 5) is 30.2. The molecule has 1 heterocycles. The number of methoxy groups -OCH3 is 1. The molecule has 3 aromatic carbocycles. The van der Waals surface area contributed by atoms with Crippen LogP contribution >= 0.6 is 0 Å². The number of aryl methyl sites for hydroxylation is 1. The van der Waals surface area contributed by atoms with Crippen LogP contribution in [-0.4, -0.2) is 49.7 Å². The number of nitrogens with zero attached hydrogens (tertiary/aromatic N) is 2. The number of phenols is 1. The van der Waals surface area contributed by atoms with Gasteiger partial charge in [-0.05, 0) is 79.6 Å². The minimum atomic E-state index is -0.952. The molecule has 0 bridgehead atoms. The number of Topliss-reactive ketones (excluding diaryl/α,β-unsaturated/α-hetero) is 1. The van der Waals surface area contributed by atoms with E-state index in [2.05, 4.69) is 0 Å². The van der Waals surface area contributed by atoms with Crippen LogP contribution in [0.3, 0.4) is 0 Å². The molecule has 4 rings (SSSR count). The Morgan fingerprint density at radius 3 is 2.32 bits per heavy atom. The van der Waals surface area contributed by atoms with Crippen LogP contribution in [-0.2, 0) is 9.59 Å². The fourth-order valence-corrected chi connectivity index (χ4v) is 4.47. The van der Waals surface area contributed by atoms with Crippen LogP contribution in [0.15, 0.2) is 66.2 Å². The normalized spacial score (nSPS) is 16.7. The Kier molecular flexibility index (Phi) is 7.11. The monoisotopic (exact) mass is 502 g/mol. The third-order valence-electron chi connectivity index (χ3n) is 6.38. The van der Waals surface area contributed by atoms with Crippen LogP contribution in [0, 0.1) is 6.92 Å². The van der Waals surface area contributed by atoms with Gasteiger partial charge in [0, 0.05) is 31.0 Å². The average molecular weight is 503 g/mol. The third-order valence-corrected chi connectivity index (χ3v) is 6.38. The first-order valence-electron chi connectivity index (χ1n) is 11.9. The van der Waals surface area contributed by atoms with Crippen molar-refractivity contribution in [3.63, 3.8) is 0 Å². The average Bonchev–Trinajstić information content (AvgIpc) is 3.15. The molecule has 0 aromatic heterocycles. The SMILES string of the molecule is CCOc1cc(C2/C(=C(\O)c3ccc(OC)cc3C)C(=O)C(=O)N2c2ccc(N(C)C)cc2)ccc1O. The fraction of sp³-hybridized carbons (Fsp3) is 0.241. The molecule has 192 valence electrons. The van der Waals surface area contributed by atoms with Crippen molar-refractivity contribution in [1.29, 1.82) is 0 Å². The Labute approximate surface area is 216 Å². The van der Waals surface area contributed by atoms with E-state index in [1.807, 2.05) is 31.1 Å². The first-order valence-corrected chi connectivity index (χ1v) is 11.9. The summed E-state index contributed by atoms with van der Waals surface area (Å²) in [5.41, 5.74) is 2.96. The number of aliphatic hydroxyl groups is 1. The maximum atomic E-state index is 13.5. The highest BCUT2D eigenvalue weighted by Gasteiger charge is 2.47. The van der Waals surface area contributed by atoms with Crippen molar-refractivity contribution in [3.05, 3.63) is 82.9 Å². The number of benzene rings is 3. The largest absolute Gasteiger partial charge is 0.507 e. The Hall–Kier alpha value is -4.46. The molecule has 8 heteroatoms. The van der Waals surface area contributed by atoms with Crippen molar-refractivity contribution < 1.29 is 29.3 Å². The number of hydrogen-bond acceptors (Lipinski definition) is 7. The van der Waals surface area contributed by atoms with Gasteiger partial charge in [-0.2, -0.15) is 0 Å². The van der Waals surface area contributed by atoms with E-state index >= 15 is 0 Å². The van der Waals surface area contributed by atoms with Gasteiger partial charge in [0.1, 0.15) is 11.5 Å². The number of phenolic OH excluding ortho intramolecular Hbond substituents is 1. The van der Waals surface area contributed by atoms with Crippen LogP contribution in [0.1, 0.15) is 29.7 Å². The van der Waals surface area contributed by atoms with Gasteiger partial charge in [-0.3, -0.25) is 14.5 Å². The van der Waals surface area contributed by atoms with Crippen molar-refractivity contribution in [2.24, 2.45) is 0 Å². The fourth-order valence-electron chi connectivity index (χ4n) is 4.47. The summed E-state index contributed by atoms with van der Waals surface area (Å²) < 4.78 is 10.8. The van der Waals surface area contributed by atoms with Crippen molar-refractivity contribution >= 4 is 28.8 Å². The van der Waals surface area contributed by atoms with Crippen molar-refractivity contribution in [1.82, 2.24) is 0 Å². The van der Waals surface area contributed by atoms with E-state index in [1.165, 1.54) is 11.0 Å². The van der Waals surface area contributed by atoms with E-state index in [0.29, 0.717) is 34.7 Å². The highest BCUT2D eigenvalue weighted by atomic mass is 16.5. The predicted octanol–water partition coefficient (Wildman–Crippen LogP) is 4.80. The van der Waals surface area contributed by atoms with Crippen LogP contribution < -0.4 is 19.3 Å². The maximum Gasteiger partial charge on any atom is 0.300 e. The summed E-state index contributed by atoms with van der Waals surface area (Å²) in [6.45, 7) is 3.89. The van der Waals surface area contributed by atoms with Gasteiger partial charge in [0.05, 0.1) is 25.3 Å². The lowest BCUT2D eigenvalue weighted by atomic mass is 9.93. The van der Waals surface area contributed by atoms with E-state index in [1.54, 1.807) is 63.4 Å². The lowest BCUT2D eigenvalue weighted by Crippen LogP contribution is -2.29. The summed E-state index contributed by atoms with van der Waals surface area (Å²) in [5, 5.41) is 21.7. The molecule has 1 fully saturated rings. The molecule has 0 spiro atoms. The zero-order valence-corrected chi connectivity index (χ0v) is 21.5. The number of amides is 1. The molecule has 1 unspecified atom stereocenters. The lowest BCUT2D eigenvalue weighted by Gasteiger charge is -2.26. The number of carbonyl (C=O) groups excluding carboxylic acids is 2. The Balaban J connectivity index is 1.95. The van der Waals surface area contributed by atoms with Gasteiger partial charge in [0.15, 0.2) is 11.5 Å². The molecule has 0 radical (unpaired) electrons. The van der Waals surface area contributed by atoms with Gasteiger partial charge in [-0.1, -0.05) is 6.07 Å². The van der Waals surface area contributed by atoms with Crippen LogP contribution in [0.2, 0.25) is 0 Å². The third kappa shape index (κ3) is 4.70. The standard InChI is InChI=1S/C29H30N2O6/c1-6-37-24-16-18(7-14-23(24)32)26-25(27(33)22-13-12-21(36-5)15-17(22)2)28(34)29(35)31(26)20-10-8-19(9-11-20)30(3)4/h7-16,26,32-33H,6H2,1-5H3/b27-25+. The number of carbonyl (C=O) groups is 2. The van der Waals surface area contributed by atoms with Gasteiger partial charge >= 0.3 is 0 Å².